The van der Waals surface area contributed by atoms with Crippen molar-refractivity contribution >= 4 is 32.8 Å². The zero-order valence-corrected chi connectivity index (χ0v) is 20.1. The molecule has 36 heavy (non-hydrogen) atoms. The van der Waals surface area contributed by atoms with Crippen LogP contribution in [0, 0.1) is 0 Å². The van der Waals surface area contributed by atoms with E-state index in [-0.39, 0.29) is 24.3 Å². The summed E-state index contributed by atoms with van der Waals surface area (Å²) in [6.45, 7) is -0.0700. The predicted octanol–water partition coefficient (Wildman–Crippen LogP) is 4.13. The molecule has 0 aliphatic carbocycles. The molecule has 3 aromatic carbocycles. The molecule has 9 heteroatoms. The average molecular weight is 503 g/mol. The second kappa shape index (κ2) is 9.52. The maximum absolute atomic E-state index is 12.8. The number of hydrogen-bond acceptors (Lipinski definition) is 7. The van der Waals surface area contributed by atoms with Crippen LogP contribution in [-0.4, -0.2) is 42.9 Å². The molecule has 1 aliphatic rings. The highest BCUT2D eigenvalue weighted by Gasteiger charge is 2.37. The van der Waals surface area contributed by atoms with Crippen molar-refractivity contribution in [1.82, 2.24) is 9.88 Å². The van der Waals surface area contributed by atoms with Gasteiger partial charge in [-0.1, -0.05) is 48.5 Å². The number of imide groups is 1. The Labute approximate surface area is 208 Å². The zero-order chi connectivity index (χ0) is 25.3. The van der Waals surface area contributed by atoms with Gasteiger partial charge in [-0.2, -0.15) is 8.42 Å². The van der Waals surface area contributed by atoms with Crippen LogP contribution in [-0.2, 0) is 20.9 Å². The number of para-hydroxylation sites is 1. The molecule has 1 unspecified atom stereocenters. The van der Waals surface area contributed by atoms with Gasteiger partial charge in [-0.15, -0.1) is 0 Å². The Balaban J connectivity index is 1.37. The van der Waals surface area contributed by atoms with E-state index in [1.54, 1.807) is 48.5 Å². The second-order valence-electron chi connectivity index (χ2n) is 8.41. The molecule has 2 amide bonds. The number of hydrogen-bond donors (Lipinski definition) is 0. The van der Waals surface area contributed by atoms with Crippen molar-refractivity contribution in [1.29, 1.82) is 0 Å². The fourth-order valence-corrected chi connectivity index (χ4v) is 4.72. The van der Waals surface area contributed by atoms with Gasteiger partial charge < -0.3 is 4.74 Å². The van der Waals surface area contributed by atoms with Crippen LogP contribution in [0.5, 0.6) is 5.75 Å². The van der Waals surface area contributed by atoms with E-state index >= 15 is 0 Å². The fraction of sp³-hybridized carbons (Fsp3) is 0.148. The highest BCUT2D eigenvalue weighted by atomic mass is 32.2. The van der Waals surface area contributed by atoms with E-state index in [1.165, 1.54) is 0 Å². The van der Waals surface area contributed by atoms with Gasteiger partial charge in [0, 0.05) is 5.39 Å². The van der Waals surface area contributed by atoms with Crippen LogP contribution >= 0.6 is 0 Å². The molecule has 182 valence electrons. The van der Waals surface area contributed by atoms with Gasteiger partial charge >= 0.3 is 0 Å². The predicted molar refractivity (Wildman–Crippen MR) is 133 cm³/mol. The Bertz CT molecular complexity index is 1550. The number of amides is 2. The summed E-state index contributed by atoms with van der Waals surface area (Å²) in [6, 6.07) is 24.8. The zero-order valence-electron chi connectivity index (χ0n) is 19.3. The highest BCUT2D eigenvalue weighted by Crippen LogP contribution is 2.29. The van der Waals surface area contributed by atoms with Gasteiger partial charge in [0.1, 0.15) is 18.5 Å². The quantitative estimate of drug-likeness (QED) is 0.264. The van der Waals surface area contributed by atoms with Crippen molar-refractivity contribution in [2.24, 2.45) is 0 Å². The largest absolute Gasteiger partial charge is 0.487 e. The van der Waals surface area contributed by atoms with Crippen molar-refractivity contribution < 1.29 is 26.9 Å². The van der Waals surface area contributed by atoms with E-state index in [2.05, 4.69) is 4.98 Å². The number of fused-ring (bicyclic) bond motifs is 2. The number of rotatable bonds is 8. The first-order chi connectivity index (χ1) is 17.3. The molecule has 2 heterocycles. The Hall–Kier alpha value is -4.08. The topological polar surface area (TPSA) is 103 Å². The maximum atomic E-state index is 12.8. The van der Waals surface area contributed by atoms with Gasteiger partial charge in [0.25, 0.3) is 21.9 Å². The summed E-state index contributed by atoms with van der Waals surface area (Å²) in [7, 11) is -3.90. The molecule has 5 rings (SSSR count). The Kier molecular flexibility index (Phi) is 6.26. The van der Waals surface area contributed by atoms with Crippen LogP contribution in [0.4, 0.5) is 0 Å². The van der Waals surface area contributed by atoms with Crippen LogP contribution in [0.15, 0.2) is 84.9 Å². The number of aromatic nitrogens is 1. The molecular formula is C27H22N2O6S. The van der Waals surface area contributed by atoms with Crippen LogP contribution in [0.3, 0.4) is 0 Å². The molecule has 1 atom stereocenters. The summed E-state index contributed by atoms with van der Waals surface area (Å²) >= 11 is 0. The Morgan fingerprint density at radius 2 is 1.56 bits per heavy atom. The van der Waals surface area contributed by atoms with Crippen molar-refractivity contribution in [3.8, 4) is 5.75 Å². The lowest BCUT2D eigenvalue weighted by Gasteiger charge is -2.22. The molecule has 8 nitrogen and oxygen atoms in total. The first-order valence-corrected chi connectivity index (χ1v) is 13.0. The van der Waals surface area contributed by atoms with Gasteiger partial charge in [-0.05, 0) is 42.0 Å². The number of ether oxygens (including phenoxy) is 1. The first kappa shape index (κ1) is 23.7. The fourth-order valence-electron chi connectivity index (χ4n) is 4.12. The molecule has 0 fully saturated rings. The average Bonchev–Trinajstić information content (AvgIpc) is 3.11. The van der Waals surface area contributed by atoms with Crippen molar-refractivity contribution in [2.75, 3.05) is 12.8 Å². The number of pyridine rings is 1. The maximum Gasteiger partial charge on any atom is 0.265 e. The molecule has 1 aromatic heterocycles. The minimum atomic E-state index is -3.90. The van der Waals surface area contributed by atoms with Gasteiger partial charge in [0.2, 0.25) is 0 Å². The lowest BCUT2D eigenvalue weighted by molar-refractivity contribution is 0.0575. The number of carbonyl (C=O) groups excluding carboxylic acids is 2. The first-order valence-electron chi connectivity index (χ1n) is 11.2. The number of benzene rings is 3. The van der Waals surface area contributed by atoms with Crippen LogP contribution in [0.1, 0.15) is 38.1 Å². The standard InChI is InChI=1S/C27H22N2O6S/c1-36(32,33)35-25(16-29-26(30)22-10-3-4-11-23(22)27(29)31)19-8-6-9-21(15-19)34-17-20-14-13-18-7-2-5-12-24(18)28-20/h2-15,25H,16-17H2,1H3. The minimum Gasteiger partial charge on any atom is -0.487 e. The molecule has 4 aromatic rings. The summed E-state index contributed by atoms with van der Waals surface area (Å²) in [5, 5.41) is 1.03. The van der Waals surface area contributed by atoms with Gasteiger partial charge in [-0.3, -0.25) is 18.7 Å². The van der Waals surface area contributed by atoms with Crippen molar-refractivity contribution in [2.45, 2.75) is 12.7 Å². The van der Waals surface area contributed by atoms with E-state index < -0.39 is 28.0 Å². The molecule has 0 N–H and O–H groups in total. The van der Waals surface area contributed by atoms with E-state index in [0.717, 1.165) is 27.8 Å². The number of carbonyl (C=O) groups is 2. The lowest BCUT2D eigenvalue weighted by Crippen LogP contribution is -2.35. The molecule has 0 saturated carbocycles. The van der Waals surface area contributed by atoms with E-state index in [1.807, 2.05) is 36.4 Å². The molecule has 1 aliphatic heterocycles. The lowest BCUT2D eigenvalue weighted by atomic mass is 10.1. The third kappa shape index (κ3) is 4.98. The SMILES string of the molecule is CS(=O)(=O)OC(CN1C(=O)c2ccccc2C1=O)c1cccc(OCc2ccc3ccccc3n2)c1. The Morgan fingerprint density at radius 1 is 0.861 bits per heavy atom. The van der Waals surface area contributed by atoms with Gasteiger partial charge in [-0.25, -0.2) is 4.98 Å². The van der Waals surface area contributed by atoms with Gasteiger partial charge in [0.05, 0.1) is 35.1 Å². The van der Waals surface area contributed by atoms with E-state index in [9.17, 15) is 18.0 Å². The minimum absolute atomic E-state index is 0.199. The molecule has 0 radical (unpaired) electrons. The summed E-state index contributed by atoms with van der Waals surface area (Å²) in [5.41, 5.74) is 2.59. The third-order valence-corrected chi connectivity index (χ3v) is 6.37. The van der Waals surface area contributed by atoms with Crippen molar-refractivity contribution in [3.63, 3.8) is 0 Å². The van der Waals surface area contributed by atoms with E-state index in [0.29, 0.717) is 11.3 Å². The Morgan fingerprint density at radius 3 is 2.28 bits per heavy atom. The normalized spacial score (nSPS) is 14.2. The van der Waals surface area contributed by atoms with E-state index in [4.69, 9.17) is 8.92 Å². The summed E-state index contributed by atoms with van der Waals surface area (Å²) in [6.07, 6.45) is -0.182. The molecule has 0 spiro atoms. The molecule has 0 saturated heterocycles. The number of nitrogens with zero attached hydrogens (tertiary/aromatic N) is 2. The second-order valence-corrected chi connectivity index (χ2v) is 10.0. The smallest absolute Gasteiger partial charge is 0.265 e. The highest BCUT2D eigenvalue weighted by molar-refractivity contribution is 7.86. The summed E-state index contributed by atoms with van der Waals surface area (Å²) in [5.74, 6) is -0.521. The van der Waals surface area contributed by atoms with Gasteiger partial charge in [0.15, 0.2) is 0 Å². The summed E-state index contributed by atoms with van der Waals surface area (Å²) in [4.78, 5) is 31.3. The summed E-state index contributed by atoms with van der Waals surface area (Å²) < 4.78 is 35.3. The monoisotopic (exact) mass is 502 g/mol. The third-order valence-electron chi connectivity index (χ3n) is 5.79. The van der Waals surface area contributed by atoms with Crippen LogP contribution < -0.4 is 4.74 Å². The van der Waals surface area contributed by atoms with Crippen LogP contribution in [0.25, 0.3) is 10.9 Å². The van der Waals surface area contributed by atoms with Crippen molar-refractivity contribution in [3.05, 3.63) is 107 Å². The molecular weight excluding hydrogens is 480 g/mol. The van der Waals surface area contributed by atoms with Crippen LogP contribution in [0.2, 0.25) is 0 Å². The molecule has 0 bridgehead atoms.